The summed E-state index contributed by atoms with van der Waals surface area (Å²) in [7, 11) is 0. The molecule has 0 unspecified atom stereocenters. The molecule has 0 aliphatic rings. The topological polar surface area (TPSA) is 27.0 Å². The van der Waals surface area contributed by atoms with E-state index < -0.39 is 0 Å². The predicted molar refractivity (Wildman–Crippen MR) is 75.3 cm³/mol. The Morgan fingerprint density at radius 2 is 1.94 bits per heavy atom. The maximum atomic E-state index is 8.77. The normalized spacial score (nSPS) is 10.5. The Morgan fingerprint density at radius 3 is 2.50 bits per heavy atom. The summed E-state index contributed by atoms with van der Waals surface area (Å²) in [5, 5.41) is 10.9. The molecule has 0 N–H and O–H groups in total. The van der Waals surface area contributed by atoms with Crippen molar-refractivity contribution in [2.75, 3.05) is 6.54 Å². The van der Waals surface area contributed by atoms with Gasteiger partial charge in [-0.25, -0.2) is 0 Å². The van der Waals surface area contributed by atoms with E-state index in [1.807, 2.05) is 24.3 Å². The smallest absolute Gasteiger partial charge is 0.0991 e. The minimum atomic E-state index is 0.722. The highest BCUT2D eigenvalue weighted by Gasteiger charge is 2.05. The molecule has 18 heavy (non-hydrogen) atoms. The zero-order chi connectivity index (χ0) is 12.8. The molecule has 1 aromatic carbocycles. The van der Waals surface area contributed by atoms with Crippen LogP contribution in [0.2, 0.25) is 0 Å². The third-order valence-electron chi connectivity index (χ3n) is 2.90. The Morgan fingerprint density at radius 1 is 1.17 bits per heavy atom. The Labute approximate surface area is 112 Å². The molecule has 1 aromatic heterocycles. The second kappa shape index (κ2) is 6.34. The summed E-state index contributed by atoms with van der Waals surface area (Å²) >= 11 is 1.80. The van der Waals surface area contributed by atoms with Crippen LogP contribution < -0.4 is 0 Å². The maximum absolute atomic E-state index is 8.77. The van der Waals surface area contributed by atoms with E-state index in [-0.39, 0.29) is 0 Å². The Hall–Kier alpha value is -1.63. The standard InChI is InChI=1S/C15H16N2S/c1-2-17(12-15-4-3-9-18-15)11-14-7-5-13(10-16)6-8-14/h3-9H,2,11-12H2,1H3. The van der Waals surface area contributed by atoms with Crippen molar-refractivity contribution >= 4 is 11.3 Å². The lowest BCUT2D eigenvalue weighted by Crippen LogP contribution is -2.21. The molecular formula is C15H16N2S. The van der Waals surface area contributed by atoms with E-state index >= 15 is 0 Å². The molecule has 0 aliphatic heterocycles. The van der Waals surface area contributed by atoms with Crippen LogP contribution in [0.25, 0.3) is 0 Å². The number of hydrogen-bond donors (Lipinski definition) is 0. The van der Waals surface area contributed by atoms with Crippen molar-refractivity contribution in [3.05, 3.63) is 57.8 Å². The largest absolute Gasteiger partial charge is 0.294 e. The van der Waals surface area contributed by atoms with E-state index in [9.17, 15) is 0 Å². The molecule has 0 amide bonds. The van der Waals surface area contributed by atoms with E-state index in [0.29, 0.717) is 0 Å². The first-order chi connectivity index (χ1) is 8.81. The Bertz CT molecular complexity index is 508. The third kappa shape index (κ3) is 3.43. The molecule has 2 aromatic rings. The molecule has 0 atom stereocenters. The number of benzene rings is 1. The van der Waals surface area contributed by atoms with Gasteiger partial charge in [-0.1, -0.05) is 25.1 Å². The summed E-state index contributed by atoms with van der Waals surface area (Å²) in [6.45, 7) is 5.13. The highest BCUT2D eigenvalue weighted by Crippen LogP contribution is 2.14. The fourth-order valence-corrected chi connectivity index (χ4v) is 2.59. The molecule has 92 valence electrons. The monoisotopic (exact) mass is 256 g/mol. The van der Waals surface area contributed by atoms with Crippen LogP contribution in [-0.4, -0.2) is 11.4 Å². The number of nitriles is 1. The molecule has 2 rings (SSSR count). The fraction of sp³-hybridized carbons (Fsp3) is 0.267. The van der Waals surface area contributed by atoms with E-state index in [1.54, 1.807) is 11.3 Å². The van der Waals surface area contributed by atoms with Crippen molar-refractivity contribution in [1.82, 2.24) is 4.90 Å². The van der Waals surface area contributed by atoms with Crippen molar-refractivity contribution in [3.63, 3.8) is 0 Å². The molecule has 0 saturated carbocycles. The first-order valence-electron chi connectivity index (χ1n) is 6.05. The van der Waals surface area contributed by atoms with Gasteiger partial charge in [0.15, 0.2) is 0 Å². The van der Waals surface area contributed by atoms with Crippen LogP contribution in [0, 0.1) is 11.3 Å². The minimum Gasteiger partial charge on any atom is -0.294 e. The van der Waals surface area contributed by atoms with Crippen LogP contribution in [0.4, 0.5) is 0 Å². The predicted octanol–water partition coefficient (Wildman–Crippen LogP) is 3.64. The average Bonchev–Trinajstić information content (AvgIpc) is 2.91. The Balaban J connectivity index is 1.99. The summed E-state index contributed by atoms with van der Waals surface area (Å²) < 4.78 is 0. The lowest BCUT2D eigenvalue weighted by atomic mass is 10.1. The van der Waals surface area contributed by atoms with Gasteiger partial charge in [0, 0.05) is 18.0 Å². The summed E-state index contributed by atoms with van der Waals surface area (Å²) in [4.78, 5) is 3.79. The minimum absolute atomic E-state index is 0.722. The highest BCUT2D eigenvalue weighted by atomic mass is 32.1. The molecule has 0 bridgehead atoms. The molecule has 0 saturated heterocycles. The van der Waals surface area contributed by atoms with E-state index in [1.165, 1.54) is 10.4 Å². The van der Waals surface area contributed by atoms with Gasteiger partial charge in [-0.2, -0.15) is 5.26 Å². The SMILES string of the molecule is CCN(Cc1ccc(C#N)cc1)Cc1cccs1. The van der Waals surface area contributed by atoms with Gasteiger partial charge < -0.3 is 0 Å². The van der Waals surface area contributed by atoms with Gasteiger partial charge in [-0.05, 0) is 35.7 Å². The van der Waals surface area contributed by atoms with Crippen LogP contribution in [0.1, 0.15) is 22.9 Å². The second-order valence-electron chi connectivity index (χ2n) is 4.19. The van der Waals surface area contributed by atoms with Crippen molar-refractivity contribution in [2.45, 2.75) is 20.0 Å². The van der Waals surface area contributed by atoms with Gasteiger partial charge in [0.1, 0.15) is 0 Å². The van der Waals surface area contributed by atoms with Crippen LogP contribution in [0.3, 0.4) is 0 Å². The third-order valence-corrected chi connectivity index (χ3v) is 3.76. The van der Waals surface area contributed by atoms with Crippen LogP contribution in [-0.2, 0) is 13.1 Å². The van der Waals surface area contributed by atoms with Gasteiger partial charge in [0.25, 0.3) is 0 Å². The lowest BCUT2D eigenvalue weighted by molar-refractivity contribution is 0.274. The zero-order valence-electron chi connectivity index (χ0n) is 10.5. The maximum Gasteiger partial charge on any atom is 0.0991 e. The van der Waals surface area contributed by atoms with Gasteiger partial charge in [0.2, 0.25) is 0 Å². The van der Waals surface area contributed by atoms with Gasteiger partial charge in [-0.3, -0.25) is 4.90 Å². The average molecular weight is 256 g/mol. The van der Waals surface area contributed by atoms with E-state index in [2.05, 4.69) is 35.4 Å². The molecular weight excluding hydrogens is 240 g/mol. The highest BCUT2D eigenvalue weighted by molar-refractivity contribution is 7.09. The van der Waals surface area contributed by atoms with Gasteiger partial charge >= 0.3 is 0 Å². The molecule has 2 nitrogen and oxygen atoms in total. The lowest BCUT2D eigenvalue weighted by Gasteiger charge is -2.19. The van der Waals surface area contributed by atoms with Crippen molar-refractivity contribution in [1.29, 1.82) is 5.26 Å². The van der Waals surface area contributed by atoms with Crippen molar-refractivity contribution < 1.29 is 0 Å². The molecule has 0 spiro atoms. The Kier molecular flexibility index (Phi) is 4.52. The van der Waals surface area contributed by atoms with Crippen LogP contribution in [0.15, 0.2) is 41.8 Å². The molecule has 0 aliphatic carbocycles. The summed E-state index contributed by atoms with van der Waals surface area (Å²) in [5.41, 5.74) is 1.98. The van der Waals surface area contributed by atoms with Crippen molar-refractivity contribution in [2.24, 2.45) is 0 Å². The van der Waals surface area contributed by atoms with Crippen molar-refractivity contribution in [3.8, 4) is 6.07 Å². The van der Waals surface area contributed by atoms with E-state index in [4.69, 9.17) is 5.26 Å². The first kappa shape index (κ1) is 12.8. The first-order valence-corrected chi connectivity index (χ1v) is 6.93. The van der Waals surface area contributed by atoms with Gasteiger partial charge in [0.05, 0.1) is 11.6 Å². The molecule has 0 fully saturated rings. The quantitative estimate of drug-likeness (QED) is 0.816. The van der Waals surface area contributed by atoms with Crippen LogP contribution in [0.5, 0.6) is 0 Å². The number of rotatable bonds is 5. The number of thiophene rings is 1. The molecule has 1 heterocycles. The molecule has 0 radical (unpaired) electrons. The van der Waals surface area contributed by atoms with Gasteiger partial charge in [-0.15, -0.1) is 11.3 Å². The fourth-order valence-electron chi connectivity index (χ4n) is 1.85. The second-order valence-corrected chi connectivity index (χ2v) is 5.22. The number of hydrogen-bond acceptors (Lipinski definition) is 3. The van der Waals surface area contributed by atoms with Crippen LogP contribution >= 0.6 is 11.3 Å². The summed E-state index contributed by atoms with van der Waals surface area (Å²) in [5.74, 6) is 0. The molecule has 3 heteroatoms. The van der Waals surface area contributed by atoms with E-state index in [0.717, 1.165) is 25.2 Å². The summed E-state index contributed by atoms with van der Waals surface area (Å²) in [6, 6.07) is 14.3. The zero-order valence-corrected chi connectivity index (χ0v) is 11.3. The number of nitrogens with zero attached hydrogens (tertiary/aromatic N) is 2. The summed E-state index contributed by atoms with van der Waals surface area (Å²) in [6.07, 6.45) is 0.